The first-order valence-corrected chi connectivity index (χ1v) is 8.26. The van der Waals surface area contributed by atoms with Crippen LogP contribution in [0.1, 0.15) is 13.3 Å². The van der Waals surface area contributed by atoms with E-state index in [0.29, 0.717) is 0 Å². The SMILES string of the molecule is CC[Si](F)(F)CCCOP(=O)(OC)OC. The molecule has 0 aromatic carbocycles. The molecule has 0 bridgehead atoms. The average molecular weight is 262 g/mol. The summed E-state index contributed by atoms with van der Waals surface area (Å²) < 4.78 is 50.8. The molecule has 0 aliphatic carbocycles. The van der Waals surface area contributed by atoms with E-state index >= 15 is 0 Å². The van der Waals surface area contributed by atoms with Crippen molar-refractivity contribution in [3.8, 4) is 0 Å². The molecular weight excluding hydrogens is 245 g/mol. The first-order valence-electron chi connectivity index (χ1n) is 4.63. The molecule has 0 aliphatic heterocycles. The van der Waals surface area contributed by atoms with Crippen LogP contribution < -0.4 is 0 Å². The van der Waals surface area contributed by atoms with Crippen LogP contribution >= 0.6 is 7.82 Å². The highest BCUT2D eigenvalue weighted by molar-refractivity contribution is 7.48. The molecule has 0 saturated carbocycles. The highest BCUT2D eigenvalue weighted by Gasteiger charge is 2.32. The zero-order valence-electron chi connectivity index (χ0n) is 9.16. The predicted molar refractivity (Wildman–Crippen MR) is 55.5 cm³/mol. The van der Waals surface area contributed by atoms with E-state index in [1.807, 2.05) is 0 Å². The van der Waals surface area contributed by atoms with Crippen LogP contribution in [0.3, 0.4) is 0 Å². The predicted octanol–water partition coefficient (Wildman–Crippen LogP) is 3.20. The largest absolute Gasteiger partial charge is 0.474 e. The number of rotatable bonds is 8. The second-order valence-electron chi connectivity index (χ2n) is 2.96. The number of halogens is 2. The summed E-state index contributed by atoms with van der Waals surface area (Å²) in [5.41, 5.74) is 0. The van der Waals surface area contributed by atoms with E-state index in [-0.39, 0.29) is 25.1 Å². The molecule has 0 aromatic rings. The van der Waals surface area contributed by atoms with Crippen LogP contribution in [0.25, 0.3) is 0 Å². The van der Waals surface area contributed by atoms with Gasteiger partial charge in [0.05, 0.1) is 6.61 Å². The summed E-state index contributed by atoms with van der Waals surface area (Å²) in [6.45, 7) is 1.43. The molecule has 0 radical (unpaired) electrons. The van der Waals surface area contributed by atoms with Crippen LogP contribution in [-0.4, -0.2) is 29.6 Å². The molecule has 0 unspecified atom stereocenters. The summed E-state index contributed by atoms with van der Waals surface area (Å²) in [5, 5.41) is 0. The third-order valence-corrected chi connectivity index (χ3v) is 5.41. The lowest BCUT2D eigenvalue weighted by Gasteiger charge is -2.14. The molecule has 15 heavy (non-hydrogen) atoms. The van der Waals surface area contributed by atoms with E-state index in [4.69, 9.17) is 4.52 Å². The van der Waals surface area contributed by atoms with Crippen LogP contribution in [0.4, 0.5) is 8.22 Å². The first-order chi connectivity index (χ1) is 6.89. The Kier molecular flexibility index (Phi) is 6.78. The quantitative estimate of drug-likeness (QED) is 0.291. The average Bonchev–Trinajstić information content (AvgIpc) is 2.24. The second-order valence-corrected chi connectivity index (χ2v) is 7.76. The van der Waals surface area contributed by atoms with E-state index in [1.165, 1.54) is 21.1 Å². The van der Waals surface area contributed by atoms with E-state index in [0.717, 1.165) is 0 Å². The topological polar surface area (TPSA) is 44.8 Å². The van der Waals surface area contributed by atoms with Crippen molar-refractivity contribution < 1.29 is 26.4 Å². The molecule has 0 heterocycles. The molecule has 0 amide bonds. The number of phosphoric ester groups is 1. The Hall–Kier alpha value is 0.187. The molecule has 92 valence electrons. The van der Waals surface area contributed by atoms with Gasteiger partial charge in [0.2, 0.25) is 0 Å². The standard InChI is InChI=1S/C7H17F2O4PSi/c1-4-15(8,9)7-5-6-13-14(10,11-2)12-3/h4-7H2,1-3H3. The highest BCUT2D eigenvalue weighted by atomic mass is 31.2. The van der Waals surface area contributed by atoms with Gasteiger partial charge in [-0.2, -0.15) is 0 Å². The molecular formula is C7H17F2O4PSi. The van der Waals surface area contributed by atoms with Gasteiger partial charge in [-0.15, -0.1) is 0 Å². The molecule has 0 rings (SSSR count). The molecule has 0 spiro atoms. The Labute approximate surface area is 89.9 Å². The van der Waals surface area contributed by atoms with E-state index in [2.05, 4.69) is 9.05 Å². The lowest BCUT2D eigenvalue weighted by molar-refractivity contribution is 0.152. The van der Waals surface area contributed by atoms with Gasteiger partial charge in [-0.25, -0.2) is 4.57 Å². The lowest BCUT2D eigenvalue weighted by Crippen LogP contribution is -2.20. The fourth-order valence-corrected chi connectivity index (χ4v) is 2.59. The van der Waals surface area contributed by atoms with Crippen molar-refractivity contribution >= 4 is 16.6 Å². The van der Waals surface area contributed by atoms with E-state index in [9.17, 15) is 12.8 Å². The van der Waals surface area contributed by atoms with Crippen LogP contribution in [0, 0.1) is 0 Å². The Morgan fingerprint density at radius 2 is 1.80 bits per heavy atom. The molecule has 0 aliphatic rings. The van der Waals surface area contributed by atoms with E-state index < -0.39 is 16.6 Å². The lowest BCUT2D eigenvalue weighted by atomic mass is 10.5. The normalized spacial score (nSPS) is 13.1. The van der Waals surface area contributed by atoms with E-state index in [1.54, 1.807) is 0 Å². The van der Waals surface area contributed by atoms with Gasteiger partial charge in [0.15, 0.2) is 0 Å². The van der Waals surface area contributed by atoms with Crippen molar-refractivity contribution in [2.75, 3.05) is 20.8 Å². The fourth-order valence-electron chi connectivity index (χ4n) is 0.864. The van der Waals surface area contributed by atoms with Crippen molar-refractivity contribution in [1.29, 1.82) is 0 Å². The summed E-state index contributed by atoms with van der Waals surface area (Å²) in [6.07, 6.45) is 0.170. The molecule has 4 nitrogen and oxygen atoms in total. The van der Waals surface area contributed by atoms with Gasteiger partial charge in [0.1, 0.15) is 0 Å². The van der Waals surface area contributed by atoms with Crippen LogP contribution in [-0.2, 0) is 18.1 Å². The molecule has 0 atom stereocenters. The second kappa shape index (κ2) is 6.70. The van der Waals surface area contributed by atoms with Gasteiger partial charge >= 0.3 is 16.6 Å². The van der Waals surface area contributed by atoms with Crippen LogP contribution in [0.2, 0.25) is 12.1 Å². The maximum absolute atomic E-state index is 12.9. The minimum atomic E-state index is -4.05. The van der Waals surface area contributed by atoms with Crippen molar-refractivity contribution in [2.24, 2.45) is 0 Å². The van der Waals surface area contributed by atoms with Gasteiger partial charge in [0.25, 0.3) is 0 Å². The van der Waals surface area contributed by atoms with Gasteiger partial charge in [-0.05, 0) is 12.5 Å². The van der Waals surface area contributed by atoms with Gasteiger partial charge in [-0.1, -0.05) is 6.92 Å². The van der Waals surface area contributed by atoms with Gasteiger partial charge in [0, 0.05) is 20.3 Å². The molecule has 8 heteroatoms. The van der Waals surface area contributed by atoms with Crippen molar-refractivity contribution in [3.05, 3.63) is 0 Å². The summed E-state index contributed by atoms with van der Waals surface area (Å²) >= 11 is 0. The van der Waals surface area contributed by atoms with Gasteiger partial charge in [-0.3, -0.25) is 21.8 Å². The molecule has 0 saturated heterocycles. The minimum absolute atomic E-state index is 0.0401. The zero-order valence-corrected chi connectivity index (χ0v) is 11.1. The van der Waals surface area contributed by atoms with Crippen LogP contribution in [0.15, 0.2) is 0 Å². The zero-order chi connectivity index (χ0) is 11.9. The Morgan fingerprint density at radius 3 is 2.20 bits per heavy atom. The Bertz CT molecular complexity index is 219. The summed E-state index contributed by atoms with van der Waals surface area (Å²) in [7, 11) is -5.19. The third-order valence-electron chi connectivity index (χ3n) is 1.90. The maximum atomic E-state index is 12.9. The summed E-state index contributed by atoms with van der Waals surface area (Å²) in [4.78, 5) is 0. The molecule has 0 aromatic heterocycles. The van der Waals surface area contributed by atoms with Crippen molar-refractivity contribution in [3.63, 3.8) is 0 Å². The highest BCUT2D eigenvalue weighted by Crippen LogP contribution is 2.47. The summed E-state index contributed by atoms with van der Waals surface area (Å²) in [5.74, 6) is 0. The molecule has 0 N–H and O–H groups in total. The Morgan fingerprint density at radius 1 is 1.27 bits per heavy atom. The summed E-state index contributed by atoms with van der Waals surface area (Å²) in [6, 6.07) is -0.226. The van der Waals surface area contributed by atoms with Gasteiger partial charge < -0.3 is 0 Å². The number of hydrogen-bond donors (Lipinski definition) is 0. The van der Waals surface area contributed by atoms with Crippen molar-refractivity contribution in [2.45, 2.75) is 25.4 Å². The number of phosphoric acid groups is 1. The molecule has 0 fully saturated rings. The van der Waals surface area contributed by atoms with Crippen LogP contribution in [0.5, 0.6) is 0 Å². The maximum Gasteiger partial charge on any atom is 0.474 e. The minimum Gasteiger partial charge on any atom is -0.290 e. The number of hydrogen-bond acceptors (Lipinski definition) is 4. The third kappa shape index (κ3) is 6.37. The van der Waals surface area contributed by atoms with Crippen molar-refractivity contribution in [1.82, 2.24) is 0 Å². The fraction of sp³-hybridized carbons (Fsp3) is 1.00. The monoisotopic (exact) mass is 262 g/mol. The Balaban J connectivity index is 3.76. The smallest absolute Gasteiger partial charge is 0.290 e. The first kappa shape index (κ1) is 15.2.